The highest BCUT2D eigenvalue weighted by Crippen LogP contribution is 2.34. The predicted molar refractivity (Wildman–Crippen MR) is 147 cm³/mol. The Morgan fingerprint density at radius 1 is 1.03 bits per heavy atom. The molecule has 5 nitrogen and oxygen atoms in total. The molecule has 1 aliphatic heterocycles. The summed E-state index contributed by atoms with van der Waals surface area (Å²) in [5.74, 6) is 0.628. The van der Waals surface area contributed by atoms with Crippen molar-refractivity contribution in [2.75, 3.05) is 24.3 Å². The Morgan fingerprint density at radius 3 is 2.35 bits per heavy atom. The first kappa shape index (κ1) is 24.1. The normalized spacial score (nSPS) is 15.4. The maximum Gasteiger partial charge on any atom is 0.255 e. The highest BCUT2D eigenvalue weighted by Gasteiger charge is 2.29. The summed E-state index contributed by atoms with van der Waals surface area (Å²) >= 11 is 5.12. The molecule has 1 atom stereocenters. The van der Waals surface area contributed by atoms with Gasteiger partial charge in [-0.3, -0.25) is 4.79 Å². The number of carbonyl (C=O) groups excluding carboxylic acids is 1. The van der Waals surface area contributed by atoms with Crippen molar-refractivity contribution in [1.82, 2.24) is 5.32 Å². The minimum atomic E-state index is -0.395. The molecule has 0 bridgehead atoms. The van der Waals surface area contributed by atoms with Crippen molar-refractivity contribution < 1.29 is 4.79 Å². The molecule has 34 heavy (non-hydrogen) atoms. The average molecular weight is 536 g/mol. The third-order valence-corrected chi connectivity index (χ3v) is 7.00. The molecule has 0 radical (unpaired) electrons. The zero-order chi connectivity index (χ0) is 24.1. The van der Waals surface area contributed by atoms with Gasteiger partial charge in [-0.2, -0.15) is 0 Å². The molecule has 0 spiro atoms. The number of carbonyl (C=O) groups is 1. The molecule has 0 aliphatic carbocycles. The fourth-order valence-corrected chi connectivity index (χ4v) is 4.83. The van der Waals surface area contributed by atoms with E-state index in [0.717, 1.165) is 38.0 Å². The van der Waals surface area contributed by atoms with Gasteiger partial charge in [0.05, 0.1) is 5.57 Å². The molecule has 174 valence electrons. The van der Waals surface area contributed by atoms with Crippen LogP contribution in [0.1, 0.15) is 24.1 Å². The molecule has 0 fully saturated rings. The maximum absolute atomic E-state index is 13.4. The molecule has 2 N–H and O–H groups in total. The van der Waals surface area contributed by atoms with Crippen LogP contribution in [0.25, 0.3) is 0 Å². The number of para-hydroxylation sites is 1. The first-order valence-corrected chi connectivity index (χ1v) is 12.7. The number of thioether (sulfide) groups is 1. The Hall–Kier alpha value is -3.03. The summed E-state index contributed by atoms with van der Waals surface area (Å²) in [5, 5.41) is 7.19. The van der Waals surface area contributed by atoms with E-state index < -0.39 is 6.04 Å². The van der Waals surface area contributed by atoms with Gasteiger partial charge in [-0.25, -0.2) is 4.99 Å². The van der Waals surface area contributed by atoms with Crippen molar-refractivity contribution in [2.45, 2.75) is 18.7 Å². The summed E-state index contributed by atoms with van der Waals surface area (Å²) in [4.78, 5) is 20.4. The van der Waals surface area contributed by atoms with E-state index in [2.05, 4.69) is 67.9 Å². The van der Waals surface area contributed by atoms with Crippen LogP contribution in [0.4, 0.5) is 11.4 Å². The number of amidine groups is 1. The average Bonchev–Trinajstić information content (AvgIpc) is 2.84. The summed E-state index contributed by atoms with van der Waals surface area (Å²) in [7, 11) is 4.02. The number of hydrogen-bond acceptors (Lipinski definition) is 5. The number of anilines is 2. The van der Waals surface area contributed by atoms with Crippen LogP contribution in [-0.2, 0) is 10.5 Å². The molecule has 3 aromatic rings. The number of nitrogens with one attached hydrogen (secondary N) is 2. The quantitative estimate of drug-likeness (QED) is 0.386. The van der Waals surface area contributed by atoms with Gasteiger partial charge in [0.25, 0.3) is 5.91 Å². The molecule has 0 aromatic heterocycles. The monoisotopic (exact) mass is 534 g/mol. The van der Waals surface area contributed by atoms with Crippen LogP contribution in [0.3, 0.4) is 0 Å². The third-order valence-electron chi connectivity index (χ3n) is 5.51. The second kappa shape index (κ2) is 10.9. The number of hydrogen-bond donors (Lipinski definition) is 2. The van der Waals surface area contributed by atoms with Crippen molar-refractivity contribution >= 4 is 50.1 Å². The molecule has 7 heteroatoms. The topological polar surface area (TPSA) is 56.7 Å². The van der Waals surface area contributed by atoms with E-state index in [1.165, 1.54) is 5.56 Å². The fraction of sp³-hybridized carbons (Fsp3) is 0.185. The Kier molecular flexibility index (Phi) is 7.75. The molecule has 1 amide bonds. The number of benzene rings is 3. The lowest BCUT2D eigenvalue weighted by Crippen LogP contribution is -2.32. The second-order valence-corrected chi connectivity index (χ2v) is 10.1. The minimum absolute atomic E-state index is 0.154. The summed E-state index contributed by atoms with van der Waals surface area (Å²) in [6, 6.07) is 25.6. The number of aliphatic imine (C=N–C) groups is 1. The van der Waals surface area contributed by atoms with Crippen LogP contribution in [0.5, 0.6) is 0 Å². The molecule has 3 aromatic carbocycles. The van der Waals surface area contributed by atoms with Crippen molar-refractivity contribution in [3.05, 3.63) is 106 Å². The molecule has 4 rings (SSSR count). The van der Waals surface area contributed by atoms with E-state index in [9.17, 15) is 4.79 Å². The first-order chi connectivity index (χ1) is 16.4. The number of amides is 1. The van der Waals surface area contributed by atoms with Gasteiger partial charge in [-0.15, -0.1) is 0 Å². The fourth-order valence-electron chi connectivity index (χ4n) is 3.66. The molecule has 0 saturated carbocycles. The zero-order valence-electron chi connectivity index (χ0n) is 19.4. The number of allylic oxidation sites excluding steroid dienone is 1. The van der Waals surface area contributed by atoms with E-state index in [-0.39, 0.29) is 5.91 Å². The van der Waals surface area contributed by atoms with Gasteiger partial charge in [-0.1, -0.05) is 70.2 Å². The van der Waals surface area contributed by atoms with E-state index in [1.807, 2.05) is 63.5 Å². The molecule has 1 aliphatic rings. The van der Waals surface area contributed by atoms with Gasteiger partial charge in [0.15, 0.2) is 5.17 Å². The standard InChI is InChI=1S/C27H27BrN4OS/c1-18-24(26(33)30-22-7-5-4-6-8-22)25(20-11-15-23(16-12-20)32(2)3)31-27(29-18)34-17-19-9-13-21(28)14-10-19/h4-16,25H,17H2,1-3H3,(H,29,31)(H,30,33)/t25-/m1/s1. The summed E-state index contributed by atoms with van der Waals surface area (Å²) in [6.45, 7) is 1.94. The van der Waals surface area contributed by atoms with Crippen molar-refractivity contribution in [2.24, 2.45) is 4.99 Å². The molecular weight excluding hydrogens is 508 g/mol. The number of halogens is 1. The van der Waals surface area contributed by atoms with Crippen LogP contribution >= 0.6 is 27.7 Å². The highest BCUT2D eigenvalue weighted by atomic mass is 79.9. The largest absolute Gasteiger partial charge is 0.378 e. The van der Waals surface area contributed by atoms with Crippen molar-refractivity contribution in [3.63, 3.8) is 0 Å². The number of rotatable bonds is 6. The lowest BCUT2D eigenvalue weighted by molar-refractivity contribution is -0.113. The molecule has 1 heterocycles. The molecule has 0 unspecified atom stereocenters. The van der Waals surface area contributed by atoms with E-state index in [1.54, 1.807) is 11.8 Å². The van der Waals surface area contributed by atoms with Gasteiger partial charge in [0.1, 0.15) is 6.04 Å². The number of nitrogens with zero attached hydrogens (tertiary/aromatic N) is 2. The second-order valence-electron chi connectivity index (χ2n) is 8.22. The van der Waals surface area contributed by atoms with Crippen LogP contribution in [0, 0.1) is 0 Å². The molecular formula is C27H27BrN4OS. The van der Waals surface area contributed by atoms with Gasteiger partial charge >= 0.3 is 0 Å². The van der Waals surface area contributed by atoms with Crippen LogP contribution < -0.4 is 15.5 Å². The van der Waals surface area contributed by atoms with Crippen LogP contribution in [0.15, 0.2) is 99.6 Å². The van der Waals surface area contributed by atoms with Crippen molar-refractivity contribution in [3.8, 4) is 0 Å². The predicted octanol–water partition coefficient (Wildman–Crippen LogP) is 6.36. The Morgan fingerprint density at radius 2 is 1.71 bits per heavy atom. The van der Waals surface area contributed by atoms with E-state index >= 15 is 0 Å². The van der Waals surface area contributed by atoms with Gasteiger partial charge in [0, 0.05) is 41.4 Å². The first-order valence-electron chi connectivity index (χ1n) is 11.0. The SMILES string of the molecule is CC1=C(C(=O)Nc2ccccc2)[C@@H](c2ccc(N(C)C)cc2)N=C(SCc2ccc(Br)cc2)N1. The van der Waals surface area contributed by atoms with Gasteiger partial charge in [0.2, 0.25) is 0 Å². The third kappa shape index (κ3) is 5.90. The van der Waals surface area contributed by atoms with E-state index in [4.69, 9.17) is 4.99 Å². The lowest BCUT2D eigenvalue weighted by atomic mass is 9.95. The summed E-state index contributed by atoms with van der Waals surface area (Å²) < 4.78 is 1.06. The Balaban J connectivity index is 1.62. The summed E-state index contributed by atoms with van der Waals surface area (Å²) in [5.41, 5.74) is 5.47. The van der Waals surface area contributed by atoms with E-state index in [0.29, 0.717) is 5.57 Å². The van der Waals surface area contributed by atoms with Crippen LogP contribution in [0.2, 0.25) is 0 Å². The van der Waals surface area contributed by atoms with Gasteiger partial charge < -0.3 is 15.5 Å². The van der Waals surface area contributed by atoms with Crippen molar-refractivity contribution in [1.29, 1.82) is 0 Å². The zero-order valence-corrected chi connectivity index (χ0v) is 21.8. The Labute approximate surface area is 213 Å². The maximum atomic E-state index is 13.4. The highest BCUT2D eigenvalue weighted by molar-refractivity contribution is 9.10. The van der Waals surface area contributed by atoms with Gasteiger partial charge in [-0.05, 0) is 54.4 Å². The summed E-state index contributed by atoms with van der Waals surface area (Å²) in [6.07, 6.45) is 0. The molecule has 0 saturated heterocycles. The Bertz CT molecular complexity index is 1210. The smallest absolute Gasteiger partial charge is 0.255 e. The van der Waals surface area contributed by atoms with Crippen LogP contribution in [-0.4, -0.2) is 25.2 Å². The minimum Gasteiger partial charge on any atom is -0.378 e. The lowest BCUT2D eigenvalue weighted by Gasteiger charge is -2.27.